The van der Waals surface area contributed by atoms with Gasteiger partial charge in [-0.25, -0.2) is 0 Å². The molecule has 1 aliphatic rings. The summed E-state index contributed by atoms with van der Waals surface area (Å²) in [6.07, 6.45) is 5.96. The van der Waals surface area contributed by atoms with Crippen molar-refractivity contribution >= 4 is 0 Å². The molecule has 1 saturated carbocycles. The highest BCUT2D eigenvalue weighted by Gasteiger charge is 2.33. The number of ether oxygens (including phenoxy) is 1. The number of hydrogen-bond acceptors (Lipinski definition) is 2. The Hall–Kier alpha value is -0.500. The molecule has 0 aromatic rings. The molecule has 0 unspecified atom stereocenters. The molecule has 1 rings (SSSR count). The SMILES string of the molecule is COC=C[C@@H]1C[C@@H]1CCO. The minimum absolute atomic E-state index is 0.321. The van der Waals surface area contributed by atoms with Gasteiger partial charge >= 0.3 is 0 Å². The molecular weight excluding hydrogens is 128 g/mol. The number of rotatable bonds is 4. The fourth-order valence-corrected chi connectivity index (χ4v) is 1.18. The summed E-state index contributed by atoms with van der Waals surface area (Å²) in [6.45, 7) is 0.321. The predicted octanol–water partition coefficient (Wildman–Crippen LogP) is 1.16. The van der Waals surface area contributed by atoms with Crippen LogP contribution in [0.5, 0.6) is 0 Å². The van der Waals surface area contributed by atoms with Crippen molar-refractivity contribution in [3.8, 4) is 0 Å². The van der Waals surface area contributed by atoms with Crippen molar-refractivity contribution < 1.29 is 9.84 Å². The molecule has 0 aromatic carbocycles. The summed E-state index contributed by atoms with van der Waals surface area (Å²) in [4.78, 5) is 0. The van der Waals surface area contributed by atoms with Gasteiger partial charge in [0.25, 0.3) is 0 Å². The molecule has 1 aliphatic carbocycles. The average molecular weight is 142 g/mol. The van der Waals surface area contributed by atoms with Gasteiger partial charge in [0.05, 0.1) is 13.4 Å². The summed E-state index contributed by atoms with van der Waals surface area (Å²) < 4.78 is 4.78. The normalized spacial score (nSPS) is 31.0. The van der Waals surface area contributed by atoms with Crippen LogP contribution in [0.4, 0.5) is 0 Å². The molecule has 2 nitrogen and oxygen atoms in total. The summed E-state index contributed by atoms with van der Waals surface area (Å²) in [6, 6.07) is 0. The minimum atomic E-state index is 0.321. The van der Waals surface area contributed by atoms with Gasteiger partial charge in [0, 0.05) is 6.61 Å². The monoisotopic (exact) mass is 142 g/mol. The van der Waals surface area contributed by atoms with Crippen LogP contribution in [0.2, 0.25) is 0 Å². The van der Waals surface area contributed by atoms with E-state index in [1.54, 1.807) is 13.4 Å². The van der Waals surface area contributed by atoms with Gasteiger partial charge in [0.2, 0.25) is 0 Å². The van der Waals surface area contributed by atoms with Crippen LogP contribution in [0.3, 0.4) is 0 Å². The van der Waals surface area contributed by atoms with Crippen molar-refractivity contribution in [3.63, 3.8) is 0 Å². The molecule has 1 fully saturated rings. The van der Waals surface area contributed by atoms with Gasteiger partial charge in [-0.05, 0) is 30.8 Å². The Kier molecular flexibility index (Phi) is 2.75. The minimum Gasteiger partial charge on any atom is -0.505 e. The van der Waals surface area contributed by atoms with Gasteiger partial charge in [0.15, 0.2) is 0 Å². The Balaban J connectivity index is 2.07. The van der Waals surface area contributed by atoms with Gasteiger partial charge in [0.1, 0.15) is 0 Å². The number of methoxy groups -OCH3 is 1. The zero-order valence-electron chi connectivity index (χ0n) is 6.29. The lowest BCUT2D eigenvalue weighted by Crippen LogP contribution is -1.85. The zero-order valence-corrected chi connectivity index (χ0v) is 6.29. The van der Waals surface area contributed by atoms with E-state index in [-0.39, 0.29) is 0 Å². The Morgan fingerprint density at radius 3 is 3.10 bits per heavy atom. The van der Waals surface area contributed by atoms with Crippen LogP contribution in [-0.2, 0) is 4.74 Å². The van der Waals surface area contributed by atoms with E-state index < -0.39 is 0 Å². The van der Waals surface area contributed by atoms with E-state index in [9.17, 15) is 0 Å². The van der Waals surface area contributed by atoms with Gasteiger partial charge < -0.3 is 9.84 Å². The third-order valence-electron chi connectivity index (χ3n) is 1.94. The fourth-order valence-electron chi connectivity index (χ4n) is 1.18. The zero-order chi connectivity index (χ0) is 7.40. The maximum atomic E-state index is 8.56. The number of aliphatic hydroxyl groups excluding tert-OH is 1. The average Bonchev–Trinajstić information content (AvgIpc) is 2.65. The Morgan fingerprint density at radius 2 is 2.50 bits per heavy atom. The van der Waals surface area contributed by atoms with Gasteiger partial charge in [-0.2, -0.15) is 0 Å². The molecule has 0 aliphatic heterocycles. The predicted molar refractivity (Wildman–Crippen MR) is 39.4 cm³/mol. The Morgan fingerprint density at radius 1 is 1.70 bits per heavy atom. The largest absolute Gasteiger partial charge is 0.505 e. The lowest BCUT2D eigenvalue weighted by molar-refractivity contribution is 0.278. The summed E-state index contributed by atoms with van der Waals surface area (Å²) in [5.74, 6) is 1.39. The molecule has 10 heavy (non-hydrogen) atoms. The standard InChI is InChI=1S/C8H14O2/c1-10-5-3-8-6-7(8)2-4-9/h3,5,7-9H,2,4,6H2,1H3/t7-,8+/m0/s1. The van der Waals surface area contributed by atoms with E-state index >= 15 is 0 Å². The van der Waals surface area contributed by atoms with E-state index in [1.165, 1.54) is 6.42 Å². The van der Waals surface area contributed by atoms with E-state index in [4.69, 9.17) is 9.84 Å². The topological polar surface area (TPSA) is 29.5 Å². The molecule has 58 valence electrons. The van der Waals surface area contributed by atoms with Gasteiger partial charge in [-0.15, -0.1) is 0 Å². The summed E-state index contributed by atoms with van der Waals surface area (Å²) in [5.41, 5.74) is 0. The Bertz CT molecular complexity index is 120. The first-order valence-electron chi connectivity index (χ1n) is 3.68. The molecule has 0 saturated heterocycles. The highest BCUT2D eigenvalue weighted by atomic mass is 16.5. The van der Waals surface area contributed by atoms with Gasteiger partial charge in [-0.1, -0.05) is 0 Å². The van der Waals surface area contributed by atoms with Crippen LogP contribution >= 0.6 is 0 Å². The van der Waals surface area contributed by atoms with Crippen LogP contribution in [0.15, 0.2) is 12.3 Å². The number of hydrogen-bond donors (Lipinski definition) is 1. The van der Waals surface area contributed by atoms with Gasteiger partial charge in [-0.3, -0.25) is 0 Å². The first-order chi connectivity index (χ1) is 4.88. The quantitative estimate of drug-likeness (QED) is 0.597. The third-order valence-corrected chi connectivity index (χ3v) is 1.94. The molecule has 2 heteroatoms. The summed E-state index contributed by atoms with van der Waals surface area (Å²) in [5, 5.41) is 8.56. The first kappa shape index (κ1) is 7.61. The third kappa shape index (κ3) is 2.03. The van der Waals surface area contributed by atoms with E-state index in [0.717, 1.165) is 12.3 Å². The maximum Gasteiger partial charge on any atom is 0.0787 e. The van der Waals surface area contributed by atoms with Crippen LogP contribution < -0.4 is 0 Å². The summed E-state index contributed by atoms with van der Waals surface area (Å²) in [7, 11) is 1.65. The van der Waals surface area contributed by atoms with E-state index in [1.807, 2.05) is 0 Å². The fraction of sp³-hybridized carbons (Fsp3) is 0.750. The van der Waals surface area contributed by atoms with Crippen molar-refractivity contribution in [3.05, 3.63) is 12.3 Å². The molecule has 0 bridgehead atoms. The van der Waals surface area contributed by atoms with Crippen molar-refractivity contribution in [2.45, 2.75) is 12.8 Å². The van der Waals surface area contributed by atoms with E-state index in [2.05, 4.69) is 6.08 Å². The molecule has 0 spiro atoms. The lowest BCUT2D eigenvalue weighted by Gasteiger charge is -1.89. The highest BCUT2D eigenvalue weighted by Crippen LogP contribution is 2.41. The molecule has 0 aromatic heterocycles. The molecule has 1 N–H and O–H groups in total. The van der Waals surface area contributed by atoms with Crippen molar-refractivity contribution in [2.75, 3.05) is 13.7 Å². The number of allylic oxidation sites excluding steroid dienone is 1. The van der Waals surface area contributed by atoms with Crippen LogP contribution in [-0.4, -0.2) is 18.8 Å². The second kappa shape index (κ2) is 3.62. The molecule has 0 radical (unpaired) electrons. The maximum absolute atomic E-state index is 8.56. The molecular formula is C8H14O2. The molecule has 2 atom stereocenters. The first-order valence-corrected chi connectivity index (χ1v) is 3.68. The number of aliphatic hydroxyl groups is 1. The van der Waals surface area contributed by atoms with Crippen LogP contribution in [0, 0.1) is 11.8 Å². The second-order valence-electron chi connectivity index (χ2n) is 2.74. The van der Waals surface area contributed by atoms with E-state index in [0.29, 0.717) is 12.5 Å². The van der Waals surface area contributed by atoms with Crippen molar-refractivity contribution in [1.29, 1.82) is 0 Å². The highest BCUT2D eigenvalue weighted by molar-refractivity contribution is 4.99. The lowest BCUT2D eigenvalue weighted by atomic mass is 10.2. The molecule has 0 amide bonds. The summed E-state index contributed by atoms with van der Waals surface area (Å²) >= 11 is 0. The molecule has 0 heterocycles. The Labute approximate surface area is 61.5 Å². The second-order valence-corrected chi connectivity index (χ2v) is 2.74. The van der Waals surface area contributed by atoms with Crippen LogP contribution in [0.1, 0.15) is 12.8 Å². The van der Waals surface area contributed by atoms with Crippen LogP contribution in [0.25, 0.3) is 0 Å². The smallest absolute Gasteiger partial charge is 0.0787 e. The van der Waals surface area contributed by atoms with Crippen molar-refractivity contribution in [2.24, 2.45) is 11.8 Å². The van der Waals surface area contributed by atoms with Crippen molar-refractivity contribution in [1.82, 2.24) is 0 Å².